The molecular formula is C14H17N5O2. The number of hydrogen-bond acceptors (Lipinski definition) is 5. The van der Waals surface area contributed by atoms with Gasteiger partial charge in [-0.15, -0.1) is 0 Å². The second-order valence-corrected chi connectivity index (χ2v) is 5.18. The van der Waals surface area contributed by atoms with Gasteiger partial charge in [0.15, 0.2) is 0 Å². The van der Waals surface area contributed by atoms with Crippen molar-refractivity contribution in [3.8, 4) is 0 Å². The molecule has 0 spiro atoms. The van der Waals surface area contributed by atoms with Gasteiger partial charge in [-0.25, -0.2) is 14.8 Å². The molecule has 0 atom stereocenters. The van der Waals surface area contributed by atoms with Crippen LogP contribution in [-0.2, 0) is 4.79 Å². The van der Waals surface area contributed by atoms with Crippen molar-refractivity contribution >= 4 is 24.0 Å². The second-order valence-electron chi connectivity index (χ2n) is 5.18. The predicted molar refractivity (Wildman–Crippen MR) is 77.4 cm³/mol. The molecule has 0 aromatic carbocycles. The molecule has 2 aliphatic heterocycles. The molecule has 3 rings (SSSR count). The van der Waals surface area contributed by atoms with Crippen molar-refractivity contribution in [1.29, 1.82) is 0 Å². The summed E-state index contributed by atoms with van der Waals surface area (Å²) in [6, 6.07) is 1.31. The third-order valence-corrected chi connectivity index (χ3v) is 3.71. The molecule has 3 heterocycles. The Labute approximate surface area is 122 Å². The van der Waals surface area contributed by atoms with Crippen molar-refractivity contribution in [2.24, 2.45) is 0 Å². The molecule has 0 bridgehead atoms. The number of piperidine rings is 1. The first-order valence-electron chi connectivity index (χ1n) is 7.04. The number of nitrogens with zero attached hydrogens (tertiary/aromatic N) is 4. The lowest BCUT2D eigenvalue weighted by Crippen LogP contribution is -2.31. The zero-order valence-electron chi connectivity index (χ0n) is 11.9. The van der Waals surface area contributed by atoms with E-state index in [1.807, 2.05) is 0 Å². The molecular weight excluding hydrogens is 270 g/mol. The number of nitrogens with one attached hydrogen (secondary N) is 1. The first-order valence-corrected chi connectivity index (χ1v) is 7.04. The number of likely N-dealkylation sites (N-methyl/N-ethyl adjacent to an activating group) is 1. The average Bonchev–Trinajstić information content (AvgIpc) is 2.75. The summed E-state index contributed by atoms with van der Waals surface area (Å²) in [6.45, 7) is 1.91. The normalized spacial score (nSPS) is 21.1. The van der Waals surface area contributed by atoms with E-state index >= 15 is 0 Å². The summed E-state index contributed by atoms with van der Waals surface area (Å²) in [5.74, 6) is 0.275. The van der Waals surface area contributed by atoms with E-state index in [9.17, 15) is 9.59 Å². The molecule has 2 fully saturated rings. The molecule has 7 nitrogen and oxygen atoms in total. The molecule has 110 valence electrons. The minimum Gasteiger partial charge on any atom is -0.341 e. The molecule has 2 aliphatic rings. The van der Waals surface area contributed by atoms with Crippen LogP contribution < -0.4 is 10.2 Å². The Hall–Kier alpha value is -2.44. The lowest BCUT2D eigenvalue weighted by atomic mass is 10.1. The van der Waals surface area contributed by atoms with Gasteiger partial charge >= 0.3 is 6.03 Å². The highest BCUT2D eigenvalue weighted by atomic mass is 16.2. The van der Waals surface area contributed by atoms with Crippen molar-refractivity contribution in [2.75, 3.05) is 25.0 Å². The number of aromatic nitrogens is 2. The fourth-order valence-electron chi connectivity index (χ4n) is 2.50. The Bertz CT molecular complexity index is 607. The van der Waals surface area contributed by atoms with Gasteiger partial charge in [0, 0.05) is 26.3 Å². The lowest BCUT2D eigenvalue weighted by Gasteiger charge is -2.26. The van der Waals surface area contributed by atoms with Crippen LogP contribution in [0.3, 0.4) is 0 Å². The summed E-state index contributed by atoms with van der Waals surface area (Å²) in [5.41, 5.74) is 0.917. The maximum Gasteiger partial charge on any atom is 0.328 e. The minimum absolute atomic E-state index is 0.295. The number of amides is 3. The van der Waals surface area contributed by atoms with Crippen molar-refractivity contribution < 1.29 is 9.59 Å². The fourth-order valence-corrected chi connectivity index (χ4v) is 2.50. The van der Waals surface area contributed by atoms with Crippen LogP contribution in [0, 0.1) is 0 Å². The van der Waals surface area contributed by atoms with E-state index in [-0.39, 0.29) is 0 Å². The van der Waals surface area contributed by atoms with Gasteiger partial charge in [-0.2, -0.15) is 0 Å². The maximum atomic E-state index is 11.7. The van der Waals surface area contributed by atoms with E-state index in [2.05, 4.69) is 20.2 Å². The molecule has 21 heavy (non-hydrogen) atoms. The van der Waals surface area contributed by atoms with E-state index in [1.165, 1.54) is 11.3 Å². The van der Waals surface area contributed by atoms with Gasteiger partial charge in [0.2, 0.25) is 5.95 Å². The Morgan fingerprint density at radius 2 is 2.00 bits per heavy atom. The summed E-state index contributed by atoms with van der Waals surface area (Å²) >= 11 is 0. The molecule has 0 aliphatic carbocycles. The van der Waals surface area contributed by atoms with Gasteiger partial charge in [0.1, 0.15) is 5.70 Å². The van der Waals surface area contributed by atoms with Gasteiger partial charge in [-0.1, -0.05) is 0 Å². The summed E-state index contributed by atoms with van der Waals surface area (Å²) in [7, 11) is 1.55. The van der Waals surface area contributed by atoms with Crippen molar-refractivity contribution in [3.05, 3.63) is 23.7 Å². The fraction of sp³-hybridized carbons (Fsp3) is 0.429. The van der Waals surface area contributed by atoms with Crippen LogP contribution in [0.1, 0.15) is 25.0 Å². The summed E-state index contributed by atoms with van der Waals surface area (Å²) in [5, 5.41) is 2.24. The summed E-state index contributed by atoms with van der Waals surface area (Å²) in [6.07, 6.45) is 6.82. The van der Waals surface area contributed by atoms with Crippen LogP contribution in [0.15, 0.2) is 18.0 Å². The molecule has 0 unspecified atom stereocenters. The smallest absolute Gasteiger partial charge is 0.328 e. The Morgan fingerprint density at radius 3 is 2.67 bits per heavy atom. The SMILES string of the molecule is CN1C(=O)NC(=O)C1=Cc1ccnc(N2CCCCC2)n1. The summed E-state index contributed by atoms with van der Waals surface area (Å²) in [4.78, 5) is 35.3. The molecule has 0 radical (unpaired) electrons. The highest BCUT2D eigenvalue weighted by molar-refractivity contribution is 6.13. The minimum atomic E-state index is -0.420. The van der Waals surface area contributed by atoms with E-state index < -0.39 is 11.9 Å². The molecule has 0 saturated carbocycles. The first-order chi connectivity index (χ1) is 10.1. The highest BCUT2D eigenvalue weighted by Gasteiger charge is 2.29. The van der Waals surface area contributed by atoms with E-state index in [0.717, 1.165) is 25.9 Å². The van der Waals surface area contributed by atoms with Crippen molar-refractivity contribution in [2.45, 2.75) is 19.3 Å². The topological polar surface area (TPSA) is 78.4 Å². The maximum absolute atomic E-state index is 11.7. The number of hydrogen-bond donors (Lipinski definition) is 1. The average molecular weight is 287 g/mol. The van der Waals surface area contributed by atoms with E-state index in [1.54, 1.807) is 25.4 Å². The van der Waals surface area contributed by atoms with Gasteiger partial charge in [-0.3, -0.25) is 15.0 Å². The predicted octanol–water partition coefficient (Wildman–Crippen LogP) is 0.989. The van der Waals surface area contributed by atoms with Crippen LogP contribution in [0.5, 0.6) is 0 Å². The number of carbonyl (C=O) groups is 2. The van der Waals surface area contributed by atoms with Crippen LogP contribution in [-0.4, -0.2) is 46.9 Å². The number of imide groups is 1. The van der Waals surface area contributed by atoms with Crippen LogP contribution in [0.4, 0.5) is 10.7 Å². The molecule has 1 N–H and O–H groups in total. The van der Waals surface area contributed by atoms with Crippen molar-refractivity contribution in [3.63, 3.8) is 0 Å². The second kappa shape index (κ2) is 5.51. The quantitative estimate of drug-likeness (QED) is 0.648. The third kappa shape index (κ3) is 2.72. The zero-order chi connectivity index (χ0) is 14.8. The largest absolute Gasteiger partial charge is 0.341 e. The third-order valence-electron chi connectivity index (χ3n) is 3.71. The molecule has 2 saturated heterocycles. The Morgan fingerprint density at radius 1 is 1.24 bits per heavy atom. The van der Waals surface area contributed by atoms with Crippen LogP contribution in [0.25, 0.3) is 6.08 Å². The highest BCUT2D eigenvalue weighted by Crippen LogP contribution is 2.18. The Kier molecular flexibility index (Phi) is 3.55. The molecule has 1 aromatic heterocycles. The van der Waals surface area contributed by atoms with E-state index in [0.29, 0.717) is 17.3 Å². The molecule has 3 amide bonds. The van der Waals surface area contributed by atoms with Gasteiger partial charge in [0.25, 0.3) is 5.91 Å². The number of rotatable bonds is 2. The van der Waals surface area contributed by atoms with Crippen molar-refractivity contribution in [1.82, 2.24) is 20.2 Å². The standard InChI is InChI=1S/C14H17N5O2/c1-18-11(12(20)17-14(18)21)9-10-5-6-15-13(16-10)19-7-3-2-4-8-19/h5-6,9H,2-4,7-8H2,1H3,(H,17,20,21). The monoisotopic (exact) mass is 287 g/mol. The Balaban J connectivity index is 1.86. The van der Waals surface area contributed by atoms with Crippen LogP contribution >= 0.6 is 0 Å². The zero-order valence-corrected chi connectivity index (χ0v) is 11.9. The number of urea groups is 1. The lowest BCUT2D eigenvalue weighted by molar-refractivity contribution is -0.115. The first kappa shape index (κ1) is 13.5. The number of anilines is 1. The van der Waals surface area contributed by atoms with Crippen LogP contribution in [0.2, 0.25) is 0 Å². The van der Waals surface area contributed by atoms with Gasteiger partial charge in [-0.05, 0) is 31.4 Å². The van der Waals surface area contributed by atoms with E-state index in [4.69, 9.17) is 0 Å². The van der Waals surface area contributed by atoms with Gasteiger partial charge < -0.3 is 4.90 Å². The van der Waals surface area contributed by atoms with Gasteiger partial charge in [0.05, 0.1) is 5.69 Å². The molecule has 1 aromatic rings. The summed E-state index contributed by atoms with van der Waals surface area (Å²) < 4.78 is 0. The number of carbonyl (C=O) groups excluding carboxylic acids is 2. The molecule has 7 heteroatoms.